The second-order valence-corrected chi connectivity index (χ2v) is 9.20. The average Bonchev–Trinajstić information content (AvgIpc) is 3.33. The van der Waals surface area contributed by atoms with Crippen molar-refractivity contribution in [3.63, 3.8) is 0 Å². The Hall–Kier alpha value is -3.65. The molecule has 194 valence electrons. The number of alkyl halides is 3. The molecule has 1 atom stereocenters. The Balaban J connectivity index is 1.43. The van der Waals surface area contributed by atoms with E-state index >= 15 is 0 Å². The lowest BCUT2D eigenvalue weighted by Crippen LogP contribution is -2.33. The van der Waals surface area contributed by atoms with Crippen molar-refractivity contribution >= 4 is 11.0 Å². The molecule has 0 aliphatic carbocycles. The fourth-order valence-electron chi connectivity index (χ4n) is 5.04. The first-order valence-corrected chi connectivity index (χ1v) is 12.0. The van der Waals surface area contributed by atoms with Crippen molar-refractivity contribution in [1.82, 2.24) is 4.90 Å². The van der Waals surface area contributed by atoms with Gasteiger partial charge in [-0.25, -0.2) is 0 Å². The van der Waals surface area contributed by atoms with E-state index in [0.29, 0.717) is 35.0 Å². The van der Waals surface area contributed by atoms with Crippen LogP contribution < -0.4 is 14.2 Å². The second kappa shape index (κ2) is 9.67. The first-order chi connectivity index (χ1) is 17.7. The largest absolute Gasteiger partial charge is 0.493 e. The molecule has 1 unspecified atom stereocenters. The van der Waals surface area contributed by atoms with Crippen LogP contribution in [0.1, 0.15) is 35.2 Å². The van der Waals surface area contributed by atoms with E-state index in [1.807, 2.05) is 18.2 Å². The van der Waals surface area contributed by atoms with Gasteiger partial charge in [-0.3, -0.25) is 4.90 Å². The Morgan fingerprint density at radius 1 is 0.892 bits per heavy atom. The van der Waals surface area contributed by atoms with E-state index in [0.717, 1.165) is 41.8 Å². The van der Waals surface area contributed by atoms with Crippen LogP contribution in [0.4, 0.5) is 13.2 Å². The number of hydrogen-bond donors (Lipinski definition) is 0. The molecule has 5 rings (SSSR count). The highest BCUT2D eigenvalue weighted by Gasteiger charge is 2.30. The van der Waals surface area contributed by atoms with E-state index in [2.05, 4.69) is 24.0 Å². The molecule has 0 radical (unpaired) electrons. The van der Waals surface area contributed by atoms with Gasteiger partial charge < -0.3 is 18.6 Å². The van der Waals surface area contributed by atoms with Gasteiger partial charge in [0.2, 0.25) is 0 Å². The molecule has 0 bridgehead atoms. The van der Waals surface area contributed by atoms with Crippen molar-refractivity contribution in [1.29, 1.82) is 0 Å². The molecule has 1 aromatic heterocycles. The lowest BCUT2D eigenvalue weighted by Gasteiger charge is -2.35. The molecule has 0 fully saturated rings. The fourth-order valence-corrected chi connectivity index (χ4v) is 5.04. The van der Waals surface area contributed by atoms with Gasteiger partial charge in [-0.15, -0.1) is 0 Å². The summed E-state index contributed by atoms with van der Waals surface area (Å²) in [5.41, 5.74) is 3.96. The van der Waals surface area contributed by atoms with Crippen LogP contribution in [0.5, 0.6) is 17.2 Å². The van der Waals surface area contributed by atoms with Crippen molar-refractivity contribution in [2.75, 3.05) is 27.9 Å². The molecule has 37 heavy (non-hydrogen) atoms. The van der Waals surface area contributed by atoms with Gasteiger partial charge in [0.1, 0.15) is 5.76 Å². The molecule has 3 aromatic carbocycles. The quantitative estimate of drug-likeness (QED) is 0.273. The van der Waals surface area contributed by atoms with Crippen molar-refractivity contribution in [2.45, 2.75) is 32.1 Å². The lowest BCUT2D eigenvalue weighted by atomic mass is 9.92. The van der Waals surface area contributed by atoms with Crippen molar-refractivity contribution in [2.24, 2.45) is 0 Å². The van der Waals surface area contributed by atoms with Crippen LogP contribution in [-0.2, 0) is 19.1 Å². The van der Waals surface area contributed by atoms with E-state index < -0.39 is 11.7 Å². The van der Waals surface area contributed by atoms with Crippen molar-refractivity contribution in [3.05, 3.63) is 76.9 Å². The van der Waals surface area contributed by atoms with Gasteiger partial charge in [0.25, 0.3) is 0 Å². The minimum atomic E-state index is -4.38. The highest BCUT2D eigenvalue weighted by Crippen LogP contribution is 2.40. The highest BCUT2D eigenvalue weighted by atomic mass is 19.4. The molecule has 0 amide bonds. The van der Waals surface area contributed by atoms with Crippen LogP contribution in [0.25, 0.3) is 22.3 Å². The molecular formula is C29H28F3NO4. The Morgan fingerprint density at radius 2 is 1.57 bits per heavy atom. The molecule has 0 N–H and O–H groups in total. The van der Waals surface area contributed by atoms with Crippen LogP contribution in [0.2, 0.25) is 0 Å². The number of benzene rings is 3. The third-order valence-corrected chi connectivity index (χ3v) is 7.06. The smallest absolute Gasteiger partial charge is 0.416 e. The summed E-state index contributed by atoms with van der Waals surface area (Å²) >= 11 is 0. The van der Waals surface area contributed by atoms with Crippen molar-refractivity contribution in [3.8, 4) is 28.6 Å². The van der Waals surface area contributed by atoms with Gasteiger partial charge in [-0.2, -0.15) is 13.2 Å². The normalized spacial score (nSPS) is 16.0. The number of ether oxygens (including phenoxy) is 3. The number of methoxy groups -OCH3 is 3. The molecule has 8 heteroatoms. The van der Waals surface area contributed by atoms with Crippen LogP contribution in [0.15, 0.2) is 59.0 Å². The number of nitrogens with zero attached hydrogens (tertiary/aromatic N) is 1. The van der Waals surface area contributed by atoms with E-state index in [4.69, 9.17) is 18.6 Å². The maximum atomic E-state index is 13.0. The van der Waals surface area contributed by atoms with E-state index in [9.17, 15) is 13.2 Å². The first-order valence-electron chi connectivity index (χ1n) is 12.0. The minimum absolute atomic E-state index is 0.164. The predicted octanol–water partition coefficient (Wildman–Crippen LogP) is 7.26. The number of furan rings is 1. The molecule has 0 spiro atoms. The van der Waals surface area contributed by atoms with Gasteiger partial charge in [0.05, 0.1) is 26.9 Å². The van der Waals surface area contributed by atoms with Crippen LogP contribution in [0, 0.1) is 0 Å². The maximum absolute atomic E-state index is 13.0. The molecule has 5 nitrogen and oxygen atoms in total. The number of fused-ring (bicyclic) bond motifs is 2. The monoisotopic (exact) mass is 511 g/mol. The fraction of sp³-hybridized carbons (Fsp3) is 0.310. The predicted molar refractivity (Wildman–Crippen MR) is 135 cm³/mol. The molecule has 1 aliphatic rings. The third-order valence-electron chi connectivity index (χ3n) is 7.06. The molecule has 1 aliphatic heterocycles. The Labute approximate surface area is 213 Å². The average molecular weight is 512 g/mol. The van der Waals surface area contributed by atoms with Gasteiger partial charge in [-0.1, -0.05) is 12.1 Å². The number of hydrogen-bond acceptors (Lipinski definition) is 5. The Kier molecular flexibility index (Phi) is 6.54. The van der Waals surface area contributed by atoms with Gasteiger partial charge in [-0.05, 0) is 72.5 Å². The zero-order valence-electron chi connectivity index (χ0n) is 21.1. The van der Waals surface area contributed by atoms with E-state index in [1.54, 1.807) is 21.3 Å². The molecule has 0 saturated heterocycles. The van der Waals surface area contributed by atoms with Crippen LogP contribution in [-0.4, -0.2) is 32.8 Å². The summed E-state index contributed by atoms with van der Waals surface area (Å²) in [7, 11) is 4.87. The highest BCUT2D eigenvalue weighted by molar-refractivity contribution is 5.88. The second-order valence-electron chi connectivity index (χ2n) is 9.20. The third kappa shape index (κ3) is 4.73. The molecule has 0 saturated carbocycles. The number of rotatable bonds is 6. The Bertz CT molecular complexity index is 1430. The molecule has 2 heterocycles. The van der Waals surface area contributed by atoms with Crippen LogP contribution >= 0.6 is 0 Å². The van der Waals surface area contributed by atoms with Gasteiger partial charge in [0, 0.05) is 30.1 Å². The van der Waals surface area contributed by atoms with Crippen LogP contribution in [0.3, 0.4) is 0 Å². The number of halogens is 3. The Morgan fingerprint density at radius 3 is 2.22 bits per heavy atom. The zero-order valence-corrected chi connectivity index (χ0v) is 21.1. The van der Waals surface area contributed by atoms with Crippen molar-refractivity contribution < 1.29 is 31.8 Å². The summed E-state index contributed by atoms with van der Waals surface area (Å²) in [4.78, 5) is 2.39. The lowest BCUT2D eigenvalue weighted by molar-refractivity contribution is -0.137. The van der Waals surface area contributed by atoms with Gasteiger partial charge in [0.15, 0.2) is 22.8 Å². The summed E-state index contributed by atoms with van der Waals surface area (Å²) in [6, 6.07) is 15.1. The summed E-state index contributed by atoms with van der Waals surface area (Å²) in [5.74, 6) is 2.52. The standard InChI is InChI=1S/C29H28F3NO4/c1-17-23-15-26(35-3)25(34-2)13-20(23)9-10-33(17)16-18-11-21-14-24(37-28(21)27(12-18)36-4)19-5-7-22(8-6-19)29(30,31)32/h5-8,11-15,17H,9-10,16H2,1-4H3. The first kappa shape index (κ1) is 25.0. The summed E-state index contributed by atoms with van der Waals surface area (Å²) in [5, 5.41) is 0.834. The molecular weight excluding hydrogens is 483 g/mol. The van der Waals surface area contributed by atoms with Gasteiger partial charge >= 0.3 is 6.18 Å². The minimum Gasteiger partial charge on any atom is -0.493 e. The topological polar surface area (TPSA) is 44.1 Å². The SMILES string of the molecule is COc1cc2c(cc1OC)C(C)N(Cc1cc(OC)c3oc(-c4ccc(C(F)(F)F)cc4)cc3c1)CC2. The van der Waals surface area contributed by atoms with E-state index in [1.165, 1.54) is 23.3 Å². The summed E-state index contributed by atoms with van der Waals surface area (Å²) in [6.45, 7) is 3.76. The summed E-state index contributed by atoms with van der Waals surface area (Å²) in [6.07, 6.45) is -3.49. The van der Waals surface area contributed by atoms with E-state index in [-0.39, 0.29) is 6.04 Å². The summed E-state index contributed by atoms with van der Waals surface area (Å²) < 4.78 is 61.5. The maximum Gasteiger partial charge on any atom is 0.416 e. The zero-order chi connectivity index (χ0) is 26.3. The molecule has 4 aromatic rings.